The predicted molar refractivity (Wildman–Crippen MR) is 82.0 cm³/mol. The number of aryl methyl sites for hydroxylation is 1. The predicted octanol–water partition coefficient (Wildman–Crippen LogP) is 2.17. The Bertz CT molecular complexity index is 719. The van der Waals surface area contributed by atoms with E-state index in [1.165, 1.54) is 11.1 Å². The molecule has 22 heavy (non-hydrogen) atoms. The molecular formula is C17H17N3O2. The zero-order valence-corrected chi connectivity index (χ0v) is 12.1. The van der Waals surface area contributed by atoms with Gasteiger partial charge in [0.15, 0.2) is 0 Å². The van der Waals surface area contributed by atoms with E-state index in [1.807, 2.05) is 0 Å². The number of carboxylic acid groups (broad SMARTS) is 1. The molecule has 0 bridgehead atoms. The molecule has 5 heteroatoms. The van der Waals surface area contributed by atoms with Crippen molar-refractivity contribution in [1.82, 2.24) is 9.97 Å². The Morgan fingerprint density at radius 1 is 1.23 bits per heavy atom. The normalized spacial score (nSPS) is 19.7. The van der Waals surface area contributed by atoms with Crippen LogP contribution in [0.5, 0.6) is 0 Å². The van der Waals surface area contributed by atoms with E-state index in [4.69, 9.17) is 0 Å². The second kappa shape index (κ2) is 5.09. The van der Waals surface area contributed by atoms with Crippen LogP contribution in [-0.2, 0) is 24.1 Å². The Kier molecular flexibility index (Phi) is 3.06. The number of benzene rings is 1. The number of aliphatic carboxylic acids is 1. The van der Waals surface area contributed by atoms with Crippen molar-refractivity contribution in [3.63, 3.8) is 0 Å². The lowest BCUT2D eigenvalue weighted by Crippen LogP contribution is -2.21. The summed E-state index contributed by atoms with van der Waals surface area (Å²) < 4.78 is 0. The quantitative estimate of drug-likeness (QED) is 0.907. The molecule has 0 aliphatic heterocycles. The molecule has 1 atom stereocenters. The van der Waals surface area contributed by atoms with E-state index in [-0.39, 0.29) is 0 Å². The lowest BCUT2D eigenvalue weighted by Gasteiger charge is -2.13. The number of aromatic nitrogens is 2. The molecule has 2 aliphatic rings. The third kappa shape index (κ3) is 2.22. The van der Waals surface area contributed by atoms with E-state index in [0.29, 0.717) is 24.8 Å². The lowest BCUT2D eigenvalue weighted by atomic mass is 10.1. The van der Waals surface area contributed by atoms with Crippen LogP contribution in [0.25, 0.3) is 0 Å². The van der Waals surface area contributed by atoms with Crippen molar-refractivity contribution in [2.24, 2.45) is 0 Å². The number of anilines is 1. The number of nitrogens with zero attached hydrogens (tertiary/aromatic N) is 2. The summed E-state index contributed by atoms with van der Waals surface area (Å²) >= 11 is 0. The Morgan fingerprint density at radius 2 is 1.95 bits per heavy atom. The third-order valence-corrected chi connectivity index (χ3v) is 4.63. The summed E-state index contributed by atoms with van der Waals surface area (Å²) in [6.45, 7) is 0. The molecule has 0 radical (unpaired) electrons. The number of nitrogens with one attached hydrogen (secondary N) is 1. The van der Waals surface area contributed by atoms with Crippen molar-refractivity contribution in [3.8, 4) is 0 Å². The van der Waals surface area contributed by atoms with Gasteiger partial charge in [-0.2, -0.15) is 0 Å². The first kappa shape index (κ1) is 13.2. The zero-order chi connectivity index (χ0) is 15.1. The Morgan fingerprint density at radius 3 is 2.64 bits per heavy atom. The molecule has 0 amide bonds. The van der Waals surface area contributed by atoms with Gasteiger partial charge < -0.3 is 10.4 Å². The molecular weight excluding hydrogens is 278 g/mol. The smallest absolute Gasteiger partial charge is 0.311 e. The van der Waals surface area contributed by atoms with Crippen molar-refractivity contribution in [2.45, 2.75) is 37.6 Å². The lowest BCUT2D eigenvalue weighted by molar-refractivity contribution is -0.138. The molecule has 2 aromatic rings. The molecule has 112 valence electrons. The number of rotatable bonds is 3. The highest BCUT2D eigenvalue weighted by Gasteiger charge is 2.30. The van der Waals surface area contributed by atoms with E-state index < -0.39 is 11.9 Å². The van der Waals surface area contributed by atoms with E-state index in [1.54, 1.807) is 6.20 Å². The second-order valence-electron chi connectivity index (χ2n) is 6.04. The molecule has 5 nitrogen and oxygen atoms in total. The largest absolute Gasteiger partial charge is 0.481 e. The van der Waals surface area contributed by atoms with Crippen LogP contribution >= 0.6 is 0 Å². The first-order valence-electron chi connectivity index (χ1n) is 7.62. The fraction of sp³-hybridized carbons (Fsp3) is 0.353. The molecule has 0 saturated carbocycles. The van der Waals surface area contributed by atoms with Crippen molar-refractivity contribution >= 4 is 11.9 Å². The minimum absolute atomic E-state index is 0.312. The SMILES string of the molecule is O=C(O)C1CCc2nc(NC3Cc4ccccc4C3)ncc21. The van der Waals surface area contributed by atoms with E-state index >= 15 is 0 Å². The highest BCUT2D eigenvalue weighted by atomic mass is 16.4. The average molecular weight is 295 g/mol. The van der Waals surface area contributed by atoms with Crippen molar-refractivity contribution in [1.29, 1.82) is 0 Å². The molecule has 2 aliphatic carbocycles. The summed E-state index contributed by atoms with van der Waals surface area (Å²) in [7, 11) is 0. The Balaban J connectivity index is 1.51. The van der Waals surface area contributed by atoms with Gasteiger partial charge in [-0.05, 0) is 36.8 Å². The summed E-state index contributed by atoms with van der Waals surface area (Å²) in [6, 6.07) is 8.78. The number of carboxylic acids is 1. The molecule has 1 aromatic heterocycles. The average Bonchev–Trinajstić information content (AvgIpc) is 3.09. The van der Waals surface area contributed by atoms with Gasteiger partial charge in [-0.25, -0.2) is 9.97 Å². The van der Waals surface area contributed by atoms with Crippen LogP contribution in [0.1, 0.15) is 34.7 Å². The van der Waals surface area contributed by atoms with Gasteiger partial charge in [0, 0.05) is 17.8 Å². The van der Waals surface area contributed by atoms with Crippen molar-refractivity contribution < 1.29 is 9.90 Å². The van der Waals surface area contributed by atoms with Gasteiger partial charge in [0.05, 0.1) is 11.6 Å². The molecule has 0 spiro atoms. The number of hydrogen-bond acceptors (Lipinski definition) is 4. The van der Waals surface area contributed by atoms with Crippen LogP contribution in [-0.4, -0.2) is 27.1 Å². The van der Waals surface area contributed by atoms with Crippen molar-refractivity contribution in [3.05, 3.63) is 52.8 Å². The van der Waals surface area contributed by atoms with Gasteiger partial charge in [0.2, 0.25) is 5.95 Å². The minimum atomic E-state index is -0.783. The van der Waals surface area contributed by atoms with Gasteiger partial charge >= 0.3 is 5.97 Å². The summed E-state index contributed by atoms with van der Waals surface area (Å²) in [4.78, 5) is 20.0. The monoisotopic (exact) mass is 295 g/mol. The minimum Gasteiger partial charge on any atom is -0.481 e. The maximum Gasteiger partial charge on any atom is 0.311 e. The number of carbonyl (C=O) groups is 1. The van der Waals surface area contributed by atoms with Gasteiger partial charge in [-0.15, -0.1) is 0 Å². The first-order valence-corrected chi connectivity index (χ1v) is 7.62. The van der Waals surface area contributed by atoms with Crippen LogP contribution in [0, 0.1) is 0 Å². The molecule has 4 rings (SSSR count). The van der Waals surface area contributed by atoms with Crippen LogP contribution < -0.4 is 5.32 Å². The fourth-order valence-electron chi connectivity index (χ4n) is 3.52. The Hall–Kier alpha value is -2.43. The van der Waals surface area contributed by atoms with Crippen molar-refractivity contribution in [2.75, 3.05) is 5.32 Å². The summed E-state index contributed by atoms with van der Waals surface area (Å²) in [5.41, 5.74) is 4.41. The van der Waals surface area contributed by atoms with Crippen LogP contribution in [0.15, 0.2) is 30.5 Å². The maximum absolute atomic E-state index is 11.2. The maximum atomic E-state index is 11.2. The van der Waals surface area contributed by atoms with Gasteiger partial charge in [-0.3, -0.25) is 4.79 Å². The summed E-state index contributed by atoms with van der Waals surface area (Å²) in [6.07, 6.45) is 4.98. The molecule has 1 heterocycles. The summed E-state index contributed by atoms with van der Waals surface area (Å²) in [5, 5.41) is 12.6. The van der Waals surface area contributed by atoms with E-state index in [0.717, 1.165) is 24.1 Å². The van der Waals surface area contributed by atoms with Crippen LogP contribution in [0.3, 0.4) is 0 Å². The summed E-state index contributed by atoms with van der Waals surface area (Å²) in [5.74, 6) is -0.614. The third-order valence-electron chi connectivity index (χ3n) is 4.63. The zero-order valence-electron chi connectivity index (χ0n) is 12.1. The van der Waals surface area contributed by atoms with Gasteiger partial charge in [0.25, 0.3) is 0 Å². The second-order valence-corrected chi connectivity index (χ2v) is 6.04. The number of fused-ring (bicyclic) bond motifs is 2. The van der Waals surface area contributed by atoms with Crippen LogP contribution in [0.2, 0.25) is 0 Å². The standard InChI is InChI=1S/C17H17N3O2/c21-16(22)13-5-6-15-14(13)9-18-17(20-15)19-12-7-10-3-1-2-4-11(10)8-12/h1-4,9,12-13H,5-8H2,(H,21,22)(H,18,19,20). The first-order chi connectivity index (χ1) is 10.7. The fourth-order valence-corrected chi connectivity index (χ4v) is 3.52. The van der Waals surface area contributed by atoms with E-state index in [9.17, 15) is 9.90 Å². The molecule has 2 N–H and O–H groups in total. The molecule has 0 fully saturated rings. The topological polar surface area (TPSA) is 75.1 Å². The van der Waals surface area contributed by atoms with E-state index in [2.05, 4.69) is 39.6 Å². The highest BCUT2D eigenvalue weighted by molar-refractivity contribution is 5.77. The van der Waals surface area contributed by atoms with Crippen LogP contribution in [0.4, 0.5) is 5.95 Å². The highest BCUT2D eigenvalue weighted by Crippen LogP contribution is 2.32. The molecule has 1 unspecified atom stereocenters. The number of hydrogen-bond donors (Lipinski definition) is 2. The van der Waals surface area contributed by atoms with Gasteiger partial charge in [-0.1, -0.05) is 24.3 Å². The Labute approximate surface area is 128 Å². The van der Waals surface area contributed by atoms with Gasteiger partial charge in [0.1, 0.15) is 0 Å². The molecule has 1 aromatic carbocycles. The molecule has 0 saturated heterocycles.